The van der Waals surface area contributed by atoms with Crippen molar-refractivity contribution in [2.45, 2.75) is 23.7 Å². The maximum Gasteiger partial charge on any atom is 0.202 e. The van der Waals surface area contributed by atoms with Crippen LogP contribution in [-0.2, 0) is 27.5 Å². The summed E-state index contributed by atoms with van der Waals surface area (Å²) in [6, 6.07) is 19.5. The first kappa shape index (κ1) is 20.9. The topological polar surface area (TPSA) is 77.2 Å². The van der Waals surface area contributed by atoms with Gasteiger partial charge in [0.1, 0.15) is 17.1 Å². The number of hydrogen-bond donors (Lipinski definition) is 0. The molecule has 158 valence electrons. The molecular formula is C24H20FNO4S. The predicted molar refractivity (Wildman–Crippen MR) is 115 cm³/mol. The number of para-hydroxylation sites is 2. The summed E-state index contributed by atoms with van der Waals surface area (Å²) in [4.78, 5) is 17.8. The van der Waals surface area contributed by atoms with E-state index < -0.39 is 15.8 Å². The van der Waals surface area contributed by atoms with Gasteiger partial charge in [-0.2, -0.15) is 0 Å². The van der Waals surface area contributed by atoms with Crippen LogP contribution in [0.1, 0.15) is 22.9 Å². The van der Waals surface area contributed by atoms with E-state index in [1.165, 1.54) is 24.3 Å². The number of carbonyl (C=O) groups excluding carboxylic acids is 1. The quantitative estimate of drug-likeness (QED) is 0.425. The van der Waals surface area contributed by atoms with Gasteiger partial charge < -0.3 is 4.42 Å². The van der Waals surface area contributed by atoms with Crippen LogP contribution in [0.25, 0.3) is 11.1 Å². The molecule has 3 aromatic carbocycles. The van der Waals surface area contributed by atoms with Crippen molar-refractivity contribution in [2.75, 3.05) is 6.26 Å². The van der Waals surface area contributed by atoms with Crippen LogP contribution in [0.15, 0.2) is 82.1 Å². The number of ketones is 1. The van der Waals surface area contributed by atoms with Gasteiger partial charge in [-0.25, -0.2) is 17.8 Å². The Balaban J connectivity index is 1.68. The van der Waals surface area contributed by atoms with Gasteiger partial charge in [0.05, 0.1) is 11.3 Å². The Kier molecular flexibility index (Phi) is 5.69. The van der Waals surface area contributed by atoms with Crippen LogP contribution in [0.4, 0.5) is 4.39 Å². The maximum atomic E-state index is 13.3. The Hall–Kier alpha value is -3.32. The van der Waals surface area contributed by atoms with Gasteiger partial charge in [-0.3, -0.25) is 4.79 Å². The standard InChI is InChI=1S/C24H20FNO4S/c1-31(28,29)19-6-4-5-17(14-19)20(13-16-9-11-18(25)12-10-16)22(27)15-24-26-21-7-2-3-8-23(21)30-24/h2-12,14,20H,13,15H2,1H3. The van der Waals surface area contributed by atoms with Gasteiger partial charge in [0.2, 0.25) is 5.89 Å². The number of rotatable bonds is 7. The van der Waals surface area contributed by atoms with Crippen molar-refractivity contribution >= 4 is 26.7 Å². The number of nitrogens with zero attached hydrogens (tertiary/aromatic N) is 1. The molecule has 0 saturated heterocycles. The number of sulfone groups is 1. The van der Waals surface area contributed by atoms with E-state index >= 15 is 0 Å². The molecule has 1 atom stereocenters. The predicted octanol–water partition coefficient (Wildman–Crippen LogP) is 4.51. The molecule has 5 nitrogen and oxygen atoms in total. The van der Waals surface area contributed by atoms with E-state index in [0.717, 1.165) is 11.8 Å². The highest BCUT2D eigenvalue weighted by Crippen LogP contribution is 2.27. The fraction of sp³-hybridized carbons (Fsp3) is 0.167. The lowest BCUT2D eigenvalue weighted by Gasteiger charge is -2.17. The summed E-state index contributed by atoms with van der Waals surface area (Å²) in [6.45, 7) is 0. The Morgan fingerprint density at radius 2 is 1.77 bits per heavy atom. The molecule has 0 bridgehead atoms. The second kappa shape index (κ2) is 8.43. The maximum absolute atomic E-state index is 13.3. The molecule has 0 N–H and O–H groups in total. The summed E-state index contributed by atoms with van der Waals surface area (Å²) in [5.41, 5.74) is 2.61. The minimum atomic E-state index is -3.43. The molecule has 0 amide bonds. The first-order chi connectivity index (χ1) is 14.8. The average molecular weight is 437 g/mol. The van der Waals surface area contributed by atoms with Crippen molar-refractivity contribution in [3.8, 4) is 0 Å². The van der Waals surface area contributed by atoms with Gasteiger partial charge in [-0.05, 0) is 53.9 Å². The second-order valence-corrected chi connectivity index (χ2v) is 9.46. The fourth-order valence-corrected chi connectivity index (χ4v) is 4.18. The van der Waals surface area contributed by atoms with E-state index in [-0.39, 0.29) is 22.9 Å². The van der Waals surface area contributed by atoms with Crippen molar-refractivity contribution in [3.05, 3.63) is 95.6 Å². The molecule has 1 unspecified atom stereocenters. The molecule has 0 spiro atoms. The molecule has 0 aliphatic rings. The highest BCUT2D eigenvalue weighted by atomic mass is 32.2. The van der Waals surface area contributed by atoms with E-state index in [0.29, 0.717) is 29.0 Å². The smallest absolute Gasteiger partial charge is 0.202 e. The second-order valence-electron chi connectivity index (χ2n) is 7.45. The van der Waals surface area contributed by atoms with E-state index in [1.54, 1.807) is 36.4 Å². The lowest BCUT2D eigenvalue weighted by Crippen LogP contribution is -2.18. The number of benzene rings is 3. The number of Topliss-reactive ketones (excluding diaryl/α,β-unsaturated/α-hetero) is 1. The minimum Gasteiger partial charge on any atom is -0.440 e. The SMILES string of the molecule is CS(=O)(=O)c1cccc(C(Cc2ccc(F)cc2)C(=O)Cc2nc3ccccc3o2)c1. The molecule has 0 fully saturated rings. The van der Waals surface area contributed by atoms with Crippen LogP contribution >= 0.6 is 0 Å². The third kappa shape index (κ3) is 4.88. The van der Waals surface area contributed by atoms with Crippen LogP contribution in [0, 0.1) is 5.82 Å². The van der Waals surface area contributed by atoms with Gasteiger partial charge in [-0.15, -0.1) is 0 Å². The summed E-state index contributed by atoms with van der Waals surface area (Å²) in [5.74, 6) is -0.865. The van der Waals surface area contributed by atoms with Gasteiger partial charge in [0.15, 0.2) is 15.4 Å². The number of fused-ring (bicyclic) bond motifs is 1. The molecule has 1 aromatic heterocycles. The zero-order valence-corrected chi connectivity index (χ0v) is 17.6. The van der Waals surface area contributed by atoms with Crippen LogP contribution in [0.2, 0.25) is 0 Å². The third-order valence-electron chi connectivity index (χ3n) is 5.09. The molecule has 31 heavy (non-hydrogen) atoms. The fourth-order valence-electron chi connectivity index (χ4n) is 3.50. The average Bonchev–Trinajstić information content (AvgIpc) is 3.15. The molecule has 1 heterocycles. The highest BCUT2D eigenvalue weighted by molar-refractivity contribution is 7.90. The van der Waals surface area contributed by atoms with E-state index in [1.807, 2.05) is 12.1 Å². The monoisotopic (exact) mass is 437 g/mol. The van der Waals surface area contributed by atoms with Gasteiger partial charge in [0, 0.05) is 12.2 Å². The number of halogens is 1. The Labute approximate surface area is 179 Å². The molecule has 0 aliphatic carbocycles. The summed E-state index contributed by atoms with van der Waals surface area (Å²) in [6.07, 6.45) is 1.39. The molecule has 0 aliphatic heterocycles. The molecule has 4 aromatic rings. The van der Waals surface area contributed by atoms with Crippen molar-refractivity contribution in [1.29, 1.82) is 0 Å². The van der Waals surface area contributed by atoms with E-state index in [2.05, 4.69) is 4.98 Å². The van der Waals surface area contributed by atoms with Crippen LogP contribution in [0.3, 0.4) is 0 Å². The van der Waals surface area contributed by atoms with Crippen LogP contribution in [0.5, 0.6) is 0 Å². The van der Waals surface area contributed by atoms with Crippen molar-refractivity contribution in [1.82, 2.24) is 4.98 Å². The summed E-state index contributed by atoms with van der Waals surface area (Å²) < 4.78 is 43.0. The summed E-state index contributed by atoms with van der Waals surface area (Å²) >= 11 is 0. The normalized spacial score (nSPS) is 12.7. The van der Waals surface area contributed by atoms with Crippen molar-refractivity contribution in [2.24, 2.45) is 0 Å². The van der Waals surface area contributed by atoms with Gasteiger partial charge >= 0.3 is 0 Å². The number of aromatic nitrogens is 1. The number of oxazole rings is 1. The Bertz CT molecular complexity index is 1310. The molecular weight excluding hydrogens is 417 g/mol. The third-order valence-corrected chi connectivity index (χ3v) is 6.20. The first-order valence-electron chi connectivity index (χ1n) is 9.71. The van der Waals surface area contributed by atoms with Crippen LogP contribution in [-0.4, -0.2) is 25.4 Å². The molecule has 7 heteroatoms. The molecule has 4 rings (SSSR count). The number of hydrogen-bond acceptors (Lipinski definition) is 5. The zero-order valence-electron chi connectivity index (χ0n) is 16.8. The van der Waals surface area contributed by atoms with Crippen LogP contribution < -0.4 is 0 Å². The number of carbonyl (C=O) groups is 1. The summed E-state index contributed by atoms with van der Waals surface area (Å²) in [7, 11) is -3.43. The highest BCUT2D eigenvalue weighted by Gasteiger charge is 2.24. The first-order valence-corrected chi connectivity index (χ1v) is 11.6. The van der Waals surface area contributed by atoms with Gasteiger partial charge in [0.25, 0.3) is 0 Å². The summed E-state index contributed by atoms with van der Waals surface area (Å²) in [5, 5.41) is 0. The lowest BCUT2D eigenvalue weighted by atomic mass is 9.87. The minimum absolute atomic E-state index is 0.0381. The van der Waals surface area contributed by atoms with E-state index in [9.17, 15) is 17.6 Å². The molecule has 0 radical (unpaired) electrons. The van der Waals surface area contributed by atoms with E-state index in [4.69, 9.17) is 4.42 Å². The Morgan fingerprint density at radius 1 is 1.03 bits per heavy atom. The van der Waals surface area contributed by atoms with Crippen molar-refractivity contribution < 1.29 is 22.0 Å². The largest absolute Gasteiger partial charge is 0.440 e. The van der Waals surface area contributed by atoms with Crippen molar-refractivity contribution in [3.63, 3.8) is 0 Å². The Morgan fingerprint density at radius 3 is 2.48 bits per heavy atom. The molecule has 0 saturated carbocycles. The van der Waals surface area contributed by atoms with Gasteiger partial charge in [-0.1, -0.05) is 36.4 Å². The lowest BCUT2D eigenvalue weighted by molar-refractivity contribution is -0.120. The zero-order chi connectivity index (χ0) is 22.0.